The van der Waals surface area contributed by atoms with Crippen LogP contribution in [-0.4, -0.2) is 24.0 Å². The molecular weight excluding hydrogens is 200 g/mol. The third-order valence-corrected chi connectivity index (χ3v) is 2.40. The Balaban J connectivity index is 2.91. The Bertz CT molecular complexity index is 417. The molecule has 0 radical (unpaired) electrons. The number of aromatic amines is 1. The summed E-state index contributed by atoms with van der Waals surface area (Å²) >= 11 is 0. The smallest absolute Gasteiger partial charge is 0.0670 e. The molecule has 0 saturated heterocycles. The average molecular weight is 216 g/mol. The van der Waals surface area contributed by atoms with Gasteiger partial charge in [-0.2, -0.15) is 10.5 Å². The molecule has 0 aliphatic carbocycles. The molecule has 4 heteroatoms. The van der Waals surface area contributed by atoms with Crippen LogP contribution in [0.1, 0.15) is 23.2 Å². The normalized spacial score (nSPS) is 10.1. The average Bonchev–Trinajstić information content (AvgIpc) is 2.58. The van der Waals surface area contributed by atoms with E-state index in [1.54, 1.807) is 0 Å². The topological polar surface area (TPSA) is 66.6 Å². The van der Waals surface area contributed by atoms with Crippen LogP contribution in [0.15, 0.2) is 6.20 Å². The van der Waals surface area contributed by atoms with Crippen molar-refractivity contribution in [2.24, 2.45) is 0 Å². The number of aromatic nitrogens is 1. The second-order valence-electron chi connectivity index (χ2n) is 4.00. The number of rotatable bonds is 5. The Morgan fingerprint density at radius 1 is 1.31 bits per heavy atom. The van der Waals surface area contributed by atoms with Crippen molar-refractivity contribution in [2.45, 2.75) is 25.8 Å². The van der Waals surface area contributed by atoms with Crippen molar-refractivity contribution in [2.75, 3.05) is 14.1 Å². The highest BCUT2D eigenvalue weighted by molar-refractivity contribution is 5.33. The van der Waals surface area contributed by atoms with E-state index in [2.05, 4.69) is 22.0 Å². The molecule has 0 fully saturated rings. The van der Waals surface area contributed by atoms with Crippen LogP contribution in [0.5, 0.6) is 0 Å². The molecule has 0 aromatic carbocycles. The van der Waals surface area contributed by atoms with Gasteiger partial charge in [0.2, 0.25) is 0 Å². The molecule has 1 aromatic heterocycles. The highest BCUT2D eigenvalue weighted by atomic mass is 15.1. The van der Waals surface area contributed by atoms with Crippen LogP contribution in [0.2, 0.25) is 0 Å². The molecule has 84 valence electrons. The van der Waals surface area contributed by atoms with Crippen molar-refractivity contribution in [1.82, 2.24) is 9.88 Å². The largest absolute Gasteiger partial charge is 0.363 e. The zero-order valence-electron chi connectivity index (χ0n) is 9.75. The van der Waals surface area contributed by atoms with Crippen LogP contribution in [0.3, 0.4) is 0 Å². The third kappa shape index (κ3) is 3.12. The van der Waals surface area contributed by atoms with Crippen molar-refractivity contribution >= 4 is 0 Å². The fourth-order valence-corrected chi connectivity index (χ4v) is 1.73. The summed E-state index contributed by atoms with van der Waals surface area (Å²) < 4.78 is 0. The van der Waals surface area contributed by atoms with E-state index in [9.17, 15) is 0 Å². The molecule has 1 rings (SSSR count). The monoisotopic (exact) mass is 216 g/mol. The van der Waals surface area contributed by atoms with Gasteiger partial charge in [-0.25, -0.2) is 0 Å². The molecule has 0 unspecified atom stereocenters. The second-order valence-corrected chi connectivity index (χ2v) is 4.00. The predicted octanol–water partition coefficient (Wildman–Crippen LogP) is 1.60. The lowest BCUT2D eigenvalue weighted by Gasteiger charge is -2.10. The van der Waals surface area contributed by atoms with E-state index in [0.717, 1.165) is 29.8 Å². The maximum absolute atomic E-state index is 8.72. The van der Waals surface area contributed by atoms with Crippen molar-refractivity contribution in [3.63, 3.8) is 0 Å². The summed E-state index contributed by atoms with van der Waals surface area (Å²) in [5, 5.41) is 17.3. The lowest BCUT2D eigenvalue weighted by Crippen LogP contribution is -2.12. The molecule has 0 atom stereocenters. The van der Waals surface area contributed by atoms with Gasteiger partial charge in [-0.15, -0.1) is 0 Å². The third-order valence-electron chi connectivity index (χ3n) is 2.40. The fourth-order valence-electron chi connectivity index (χ4n) is 1.73. The molecular formula is C12H16N4. The minimum absolute atomic E-state index is 0.407. The van der Waals surface area contributed by atoms with Crippen LogP contribution < -0.4 is 0 Å². The molecule has 0 aliphatic heterocycles. The number of hydrogen-bond donors (Lipinski definition) is 1. The summed E-state index contributed by atoms with van der Waals surface area (Å²) in [5.41, 5.74) is 3.27. The lowest BCUT2D eigenvalue weighted by atomic mass is 10.0. The van der Waals surface area contributed by atoms with Gasteiger partial charge in [0.15, 0.2) is 0 Å². The Morgan fingerprint density at radius 3 is 2.62 bits per heavy atom. The van der Waals surface area contributed by atoms with Crippen LogP contribution in [0, 0.1) is 22.7 Å². The Hall–Kier alpha value is -1.78. The standard InChI is InChI=1S/C12H16N4/c1-16(2)9-12-11(4-3-6-13)10(5-7-14)8-15-12/h8,15H,3-5,9H2,1-2H3. The maximum atomic E-state index is 8.72. The molecule has 0 bridgehead atoms. The van der Waals surface area contributed by atoms with Gasteiger partial charge in [-0.05, 0) is 31.6 Å². The van der Waals surface area contributed by atoms with Gasteiger partial charge in [0.25, 0.3) is 0 Å². The van der Waals surface area contributed by atoms with Crippen molar-refractivity contribution in [3.8, 4) is 12.1 Å². The lowest BCUT2D eigenvalue weighted by molar-refractivity contribution is 0.396. The van der Waals surface area contributed by atoms with E-state index >= 15 is 0 Å². The first kappa shape index (κ1) is 12.3. The number of H-pyrrole nitrogens is 1. The van der Waals surface area contributed by atoms with Gasteiger partial charge in [0.1, 0.15) is 0 Å². The van der Waals surface area contributed by atoms with Gasteiger partial charge < -0.3 is 9.88 Å². The maximum Gasteiger partial charge on any atom is 0.0670 e. The summed E-state index contributed by atoms with van der Waals surface area (Å²) in [6.45, 7) is 0.812. The molecule has 1 N–H and O–H groups in total. The highest BCUT2D eigenvalue weighted by Crippen LogP contribution is 2.17. The number of hydrogen-bond acceptors (Lipinski definition) is 3. The van der Waals surface area contributed by atoms with E-state index in [4.69, 9.17) is 10.5 Å². The Morgan fingerprint density at radius 2 is 2.06 bits per heavy atom. The van der Waals surface area contributed by atoms with Crippen molar-refractivity contribution in [3.05, 3.63) is 23.0 Å². The zero-order chi connectivity index (χ0) is 12.0. The van der Waals surface area contributed by atoms with Crippen LogP contribution >= 0.6 is 0 Å². The first-order valence-electron chi connectivity index (χ1n) is 5.25. The number of nitrogens with zero attached hydrogens (tertiary/aromatic N) is 3. The zero-order valence-corrected chi connectivity index (χ0v) is 9.75. The minimum Gasteiger partial charge on any atom is -0.363 e. The molecule has 0 aliphatic rings. The van der Waals surface area contributed by atoms with Gasteiger partial charge in [-0.3, -0.25) is 0 Å². The van der Waals surface area contributed by atoms with E-state index in [-0.39, 0.29) is 0 Å². The Kier molecular flexibility index (Phi) is 4.57. The van der Waals surface area contributed by atoms with E-state index in [1.165, 1.54) is 0 Å². The Labute approximate surface area is 96.1 Å². The first-order chi connectivity index (χ1) is 7.69. The summed E-state index contributed by atoms with van der Waals surface area (Å²) in [7, 11) is 4.00. The quantitative estimate of drug-likeness (QED) is 0.812. The fraction of sp³-hybridized carbons (Fsp3) is 0.500. The highest BCUT2D eigenvalue weighted by Gasteiger charge is 2.11. The minimum atomic E-state index is 0.407. The molecule has 0 saturated carbocycles. The summed E-state index contributed by atoms with van der Waals surface area (Å²) in [5.74, 6) is 0. The first-order valence-corrected chi connectivity index (χ1v) is 5.25. The van der Waals surface area contributed by atoms with Gasteiger partial charge in [0.05, 0.1) is 18.6 Å². The molecule has 4 nitrogen and oxygen atoms in total. The van der Waals surface area contributed by atoms with Gasteiger partial charge in [0, 0.05) is 24.9 Å². The summed E-state index contributed by atoms with van der Waals surface area (Å²) in [4.78, 5) is 5.26. The molecule has 16 heavy (non-hydrogen) atoms. The summed E-state index contributed by atoms with van der Waals surface area (Å²) in [6, 6.07) is 4.30. The van der Waals surface area contributed by atoms with Crippen LogP contribution in [0.25, 0.3) is 0 Å². The van der Waals surface area contributed by atoms with E-state index < -0.39 is 0 Å². The van der Waals surface area contributed by atoms with Gasteiger partial charge in [-0.1, -0.05) is 0 Å². The van der Waals surface area contributed by atoms with Crippen LogP contribution in [0.4, 0.5) is 0 Å². The van der Waals surface area contributed by atoms with E-state index in [1.807, 2.05) is 20.3 Å². The number of nitrogens with one attached hydrogen (secondary N) is 1. The summed E-state index contributed by atoms with van der Waals surface area (Å²) in [6.07, 6.45) is 3.51. The molecule has 1 aromatic rings. The number of nitriles is 2. The van der Waals surface area contributed by atoms with Crippen molar-refractivity contribution < 1.29 is 0 Å². The van der Waals surface area contributed by atoms with Gasteiger partial charge >= 0.3 is 0 Å². The molecule has 0 spiro atoms. The van der Waals surface area contributed by atoms with Crippen LogP contribution in [-0.2, 0) is 19.4 Å². The SMILES string of the molecule is CN(C)Cc1[nH]cc(CC#N)c1CCC#N. The second kappa shape index (κ2) is 5.95. The predicted molar refractivity (Wildman–Crippen MR) is 61.4 cm³/mol. The van der Waals surface area contributed by atoms with Crippen molar-refractivity contribution in [1.29, 1.82) is 10.5 Å². The molecule has 1 heterocycles. The van der Waals surface area contributed by atoms with E-state index in [0.29, 0.717) is 12.8 Å². The molecule has 0 amide bonds.